The third-order valence-corrected chi connectivity index (χ3v) is 1.66. The standard InChI is InChI=1S/C7H10N2O.C3H5Cl.2C2H6/c1-2-3-4-6-5-8-7(10)9-6;1-2-3-4;2*1-2/h2-4,6H,1,5H2,(H2,8,9,10);2-3H,1H3;2*1-2H3/b4-3+;3-2+;;. The molecule has 0 aromatic heterocycles. The molecule has 1 aliphatic rings. The lowest BCUT2D eigenvalue weighted by Crippen LogP contribution is -2.24. The van der Waals surface area contributed by atoms with Crippen LogP contribution >= 0.6 is 11.6 Å². The summed E-state index contributed by atoms with van der Waals surface area (Å²) in [5.74, 6) is 0. The zero-order valence-electron chi connectivity index (χ0n) is 12.2. The van der Waals surface area contributed by atoms with E-state index in [2.05, 4.69) is 17.2 Å². The van der Waals surface area contributed by atoms with Gasteiger partial charge >= 0.3 is 6.03 Å². The first-order chi connectivity index (χ1) is 8.74. The van der Waals surface area contributed by atoms with Gasteiger partial charge in [0.05, 0.1) is 6.04 Å². The van der Waals surface area contributed by atoms with Crippen molar-refractivity contribution in [1.29, 1.82) is 0 Å². The predicted octanol–water partition coefficient (Wildman–Crippen LogP) is 4.22. The van der Waals surface area contributed by atoms with Crippen molar-refractivity contribution < 1.29 is 4.79 Å². The molecule has 0 aliphatic carbocycles. The smallest absolute Gasteiger partial charge is 0.315 e. The van der Waals surface area contributed by atoms with Crippen molar-refractivity contribution in [2.45, 2.75) is 40.7 Å². The number of amides is 2. The monoisotopic (exact) mass is 274 g/mol. The number of allylic oxidation sites excluding steroid dienone is 3. The second-order valence-corrected chi connectivity index (χ2v) is 2.79. The largest absolute Gasteiger partial charge is 0.336 e. The molecule has 0 spiro atoms. The Balaban J connectivity index is -0.000000238. The van der Waals surface area contributed by atoms with Gasteiger partial charge in [-0.25, -0.2) is 4.79 Å². The maximum Gasteiger partial charge on any atom is 0.315 e. The Bertz CT molecular complexity index is 234. The summed E-state index contributed by atoms with van der Waals surface area (Å²) >= 11 is 5.01. The van der Waals surface area contributed by atoms with Crippen LogP contribution in [0.3, 0.4) is 0 Å². The number of rotatable bonds is 2. The fourth-order valence-corrected chi connectivity index (χ4v) is 0.802. The van der Waals surface area contributed by atoms with E-state index >= 15 is 0 Å². The van der Waals surface area contributed by atoms with E-state index < -0.39 is 0 Å². The van der Waals surface area contributed by atoms with E-state index in [1.54, 1.807) is 12.2 Å². The van der Waals surface area contributed by atoms with E-state index in [-0.39, 0.29) is 12.1 Å². The quantitative estimate of drug-likeness (QED) is 0.727. The van der Waals surface area contributed by atoms with Crippen LogP contribution in [-0.4, -0.2) is 18.6 Å². The zero-order valence-corrected chi connectivity index (χ0v) is 12.9. The van der Waals surface area contributed by atoms with Gasteiger partial charge in [0.25, 0.3) is 0 Å². The highest BCUT2D eigenvalue weighted by atomic mass is 35.5. The van der Waals surface area contributed by atoms with Crippen molar-refractivity contribution in [3.05, 3.63) is 36.4 Å². The molecule has 0 radical (unpaired) electrons. The molecular formula is C14H27ClN2O. The summed E-state index contributed by atoms with van der Waals surface area (Å²) in [4.78, 5) is 10.5. The number of hydrogen-bond acceptors (Lipinski definition) is 1. The number of hydrogen-bond donors (Lipinski definition) is 2. The molecule has 0 aromatic carbocycles. The Morgan fingerprint density at radius 1 is 1.33 bits per heavy atom. The number of nitrogens with one attached hydrogen (secondary N) is 2. The molecule has 1 atom stereocenters. The molecule has 0 aromatic rings. The van der Waals surface area contributed by atoms with Gasteiger partial charge in [-0.05, 0) is 12.5 Å². The van der Waals surface area contributed by atoms with Gasteiger partial charge in [-0.3, -0.25) is 0 Å². The van der Waals surface area contributed by atoms with Gasteiger partial charge in [0, 0.05) is 6.54 Å². The number of halogens is 1. The lowest BCUT2D eigenvalue weighted by atomic mass is 10.3. The van der Waals surface area contributed by atoms with Crippen LogP contribution in [0.2, 0.25) is 0 Å². The lowest BCUT2D eigenvalue weighted by Gasteiger charge is -1.97. The van der Waals surface area contributed by atoms with Crippen LogP contribution in [0.15, 0.2) is 36.4 Å². The molecular weight excluding hydrogens is 248 g/mol. The molecule has 3 nitrogen and oxygen atoms in total. The molecule has 1 fully saturated rings. The first kappa shape index (κ1) is 22.0. The first-order valence-corrected chi connectivity index (χ1v) is 6.73. The van der Waals surface area contributed by atoms with Crippen molar-refractivity contribution in [2.75, 3.05) is 6.54 Å². The molecule has 4 heteroatoms. The maximum absolute atomic E-state index is 10.5. The summed E-state index contributed by atoms with van der Waals surface area (Å²) < 4.78 is 0. The van der Waals surface area contributed by atoms with Crippen LogP contribution in [0, 0.1) is 0 Å². The summed E-state index contributed by atoms with van der Waals surface area (Å²) in [7, 11) is 0. The molecule has 0 saturated carbocycles. The van der Waals surface area contributed by atoms with Gasteiger partial charge in [0.2, 0.25) is 0 Å². The van der Waals surface area contributed by atoms with Crippen molar-refractivity contribution in [1.82, 2.24) is 10.6 Å². The molecule has 0 bridgehead atoms. The van der Waals surface area contributed by atoms with E-state index in [0.717, 1.165) is 0 Å². The van der Waals surface area contributed by atoms with Gasteiger partial charge in [-0.2, -0.15) is 0 Å². The minimum atomic E-state index is -0.0984. The fourth-order valence-electron chi connectivity index (χ4n) is 0.802. The summed E-state index contributed by atoms with van der Waals surface area (Å²) in [5, 5.41) is 5.35. The van der Waals surface area contributed by atoms with Gasteiger partial charge in [-0.1, -0.05) is 70.2 Å². The van der Waals surface area contributed by atoms with Crippen molar-refractivity contribution >= 4 is 17.6 Å². The molecule has 106 valence electrons. The van der Waals surface area contributed by atoms with Crippen LogP contribution in [0.1, 0.15) is 34.6 Å². The topological polar surface area (TPSA) is 41.1 Å². The Morgan fingerprint density at radius 2 is 1.83 bits per heavy atom. The molecule has 1 rings (SSSR count). The molecule has 1 unspecified atom stereocenters. The number of carbonyl (C=O) groups excluding carboxylic acids is 1. The zero-order chi connectivity index (χ0) is 14.8. The Kier molecular flexibility index (Phi) is 25.8. The molecule has 18 heavy (non-hydrogen) atoms. The average molecular weight is 275 g/mol. The van der Waals surface area contributed by atoms with Crippen LogP contribution in [0.4, 0.5) is 4.79 Å². The van der Waals surface area contributed by atoms with Gasteiger partial charge in [-0.15, -0.1) is 0 Å². The number of carbonyl (C=O) groups is 1. The van der Waals surface area contributed by atoms with Crippen molar-refractivity contribution in [3.63, 3.8) is 0 Å². The third-order valence-electron chi connectivity index (χ3n) is 1.40. The Hall–Kier alpha value is -1.22. The van der Waals surface area contributed by atoms with Gasteiger partial charge in [0.15, 0.2) is 0 Å². The van der Waals surface area contributed by atoms with Crippen LogP contribution in [0.25, 0.3) is 0 Å². The maximum atomic E-state index is 10.5. The van der Waals surface area contributed by atoms with E-state index in [9.17, 15) is 4.79 Å². The minimum Gasteiger partial charge on any atom is -0.336 e. The summed E-state index contributed by atoms with van der Waals surface area (Å²) in [5.41, 5.74) is 1.47. The third kappa shape index (κ3) is 17.2. The first-order valence-electron chi connectivity index (χ1n) is 6.29. The van der Waals surface area contributed by atoms with Gasteiger partial charge < -0.3 is 10.6 Å². The molecule has 2 amide bonds. The summed E-state index contributed by atoms with van der Waals surface area (Å²) in [6.45, 7) is 14.1. The van der Waals surface area contributed by atoms with Gasteiger partial charge in [0.1, 0.15) is 0 Å². The Labute approximate surface area is 117 Å². The minimum absolute atomic E-state index is 0.0984. The lowest BCUT2D eigenvalue weighted by molar-refractivity contribution is 0.248. The number of urea groups is 1. The average Bonchev–Trinajstić information content (AvgIpc) is 2.87. The second-order valence-electron chi connectivity index (χ2n) is 2.54. The van der Waals surface area contributed by atoms with Crippen molar-refractivity contribution in [3.8, 4) is 0 Å². The van der Waals surface area contributed by atoms with E-state index in [0.29, 0.717) is 6.54 Å². The van der Waals surface area contributed by atoms with E-state index in [1.165, 1.54) is 5.54 Å². The normalized spacial score (nSPS) is 16.3. The molecule has 1 aliphatic heterocycles. The second kappa shape index (κ2) is 21.1. The SMILES string of the molecule is C/C=C/Cl.C=C/C=C/C1CNC(=O)N1.CC.CC. The fraction of sp³-hybridized carbons (Fsp3) is 0.500. The predicted molar refractivity (Wildman–Crippen MR) is 83.0 cm³/mol. The highest BCUT2D eigenvalue weighted by Gasteiger charge is 2.15. The van der Waals surface area contributed by atoms with Crippen LogP contribution < -0.4 is 10.6 Å². The van der Waals surface area contributed by atoms with E-state index in [4.69, 9.17) is 11.6 Å². The highest BCUT2D eigenvalue weighted by molar-refractivity contribution is 6.25. The highest BCUT2D eigenvalue weighted by Crippen LogP contribution is 1.91. The summed E-state index contributed by atoms with van der Waals surface area (Å²) in [6.07, 6.45) is 7.16. The molecule has 1 heterocycles. The van der Waals surface area contributed by atoms with Crippen molar-refractivity contribution in [2.24, 2.45) is 0 Å². The van der Waals surface area contributed by atoms with E-state index in [1.807, 2.05) is 46.8 Å². The summed E-state index contributed by atoms with van der Waals surface area (Å²) in [6, 6.07) is 0.0317. The van der Waals surface area contributed by atoms with Crippen LogP contribution in [0.5, 0.6) is 0 Å². The molecule has 1 saturated heterocycles. The van der Waals surface area contributed by atoms with Crippen LogP contribution in [-0.2, 0) is 0 Å². The molecule has 2 N–H and O–H groups in total. The Morgan fingerprint density at radius 3 is 2.11 bits per heavy atom.